The highest BCUT2D eigenvalue weighted by Gasteiger charge is 2.41. The van der Waals surface area contributed by atoms with Gasteiger partial charge in [0.2, 0.25) is 0 Å². The SMILES string of the molecule is O=C(c1ncc(-c2ccccc2)o1)N1CC(S(=O)(=O)Cc2ccco2)C1. The summed E-state index contributed by atoms with van der Waals surface area (Å²) < 4.78 is 35.3. The van der Waals surface area contributed by atoms with E-state index in [0.717, 1.165) is 5.56 Å². The predicted molar refractivity (Wildman–Crippen MR) is 93.0 cm³/mol. The van der Waals surface area contributed by atoms with Crippen LogP contribution in [-0.4, -0.2) is 42.5 Å². The number of rotatable bonds is 5. The van der Waals surface area contributed by atoms with Gasteiger partial charge < -0.3 is 13.7 Å². The van der Waals surface area contributed by atoms with Crippen molar-refractivity contribution in [2.45, 2.75) is 11.0 Å². The fraction of sp³-hybridized carbons (Fsp3) is 0.222. The summed E-state index contributed by atoms with van der Waals surface area (Å²) >= 11 is 0. The highest BCUT2D eigenvalue weighted by atomic mass is 32.2. The maximum atomic E-state index is 12.4. The van der Waals surface area contributed by atoms with Crippen molar-refractivity contribution in [3.05, 3.63) is 66.6 Å². The third-order valence-electron chi connectivity index (χ3n) is 4.31. The average molecular weight is 372 g/mol. The Labute approximate surface area is 150 Å². The minimum absolute atomic E-state index is 0.0364. The number of carbonyl (C=O) groups excluding carboxylic acids is 1. The highest BCUT2D eigenvalue weighted by Crippen LogP contribution is 2.24. The van der Waals surface area contributed by atoms with E-state index in [4.69, 9.17) is 8.83 Å². The Balaban J connectivity index is 1.40. The Morgan fingerprint density at radius 2 is 1.92 bits per heavy atom. The molecule has 0 N–H and O–H groups in total. The lowest BCUT2D eigenvalue weighted by molar-refractivity contribution is 0.0618. The topological polar surface area (TPSA) is 93.6 Å². The first-order valence-electron chi connectivity index (χ1n) is 8.07. The van der Waals surface area contributed by atoms with Gasteiger partial charge in [-0.05, 0) is 12.1 Å². The van der Waals surface area contributed by atoms with Crippen molar-refractivity contribution in [1.29, 1.82) is 0 Å². The molecule has 0 aliphatic carbocycles. The van der Waals surface area contributed by atoms with E-state index in [1.165, 1.54) is 17.4 Å². The second kappa shape index (κ2) is 6.45. The number of likely N-dealkylation sites (tertiary alicyclic amines) is 1. The molecule has 1 saturated heterocycles. The number of carbonyl (C=O) groups is 1. The molecule has 26 heavy (non-hydrogen) atoms. The van der Waals surface area contributed by atoms with Gasteiger partial charge in [-0.2, -0.15) is 0 Å². The Morgan fingerprint density at radius 1 is 1.15 bits per heavy atom. The molecule has 2 aromatic heterocycles. The van der Waals surface area contributed by atoms with E-state index in [1.807, 2.05) is 30.3 Å². The molecular formula is C18H16N2O5S. The maximum absolute atomic E-state index is 12.4. The van der Waals surface area contributed by atoms with Gasteiger partial charge in [-0.3, -0.25) is 4.79 Å². The number of aromatic nitrogens is 1. The van der Waals surface area contributed by atoms with Crippen LogP contribution in [0.3, 0.4) is 0 Å². The molecule has 8 heteroatoms. The van der Waals surface area contributed by atoms with Gasteiger partial charge in [0.15, 0.2) is 15.6 Å². The molecule has 1 amide bonds. The van der Waals surface area contributed by atoms with Crippen LogP contribution in [0.4, 0.5) is 0 Å². The normalized spacial score (nSPS) is 15.0. The zero-order valence-corrected chi connectivity index (χ0v) is 14.6. The van der Waals surface area contributed by atoms with Gasteiger partial charge in [0.05, 0.1) is 17.7 Å². The summed E-state index contributed by atoms with van der Waals surface area (Å²) in [4.78, 5) is 17.9. The molecule has 3 heterocycles. The Hall–Kier alpha value is -2.87. The maximum Gasteiger partial charge on any atom is 0.309 e. The van der Waals surface area contributed by atoms with Crippen LogP contribution in [0, 0.1) is 0 Å². The average Bonchev–Trinajstić information content (AvgIpc) is 3.25. The van der Waals surface area contributed by atoms with Crippen LogP contribution >= 0.6 is 0 Å². The molecule has 7 nitrogen and oxygen atoms in total. The quantitative estimate of drug-likeness (QED) is 0.683. The van der Waals surface area contributed by atoms with Crippen molar-refractivity contribution >= 4 is 15.7 Å². The van der Waals surface area contributed by atoms with E-state index in [0.29, 0.717) is 11.5 Å². The lowest BCUT2D eigenvalue weighted by atomic mass is 10.2. The third kappa shape index (κ3) is 3.15. The highest BCUT2D eigenvalue weighted by molar-refractivity contribution is 7.91. The van der Waals surface area contributed by atoms with Crippen molar-refractivity contribution < 1.29 is 22.0 Å². The molecule has 1 aliphatic heterocycles. The van der Waals surface area contributed by atoms with Crippen LogP contribution in [0.5, 0.6) is 0 Å². The number of sulfone groups is 1. The van der Waals surface area contributed by atoms with E-state index in [-0.39, 0.29) is 24.7 Å². The molecule has 0 radical (unpaired) electrons. The lowest BCUT2D eigenvalue weighted by Gasteiger charge is -2.37. The van der Waals surface area contributed by atoms with E-state index in [9.17, 15) is 13.2 Å². The Kier molecular flexibility index (Phi) is 4.12. The summed E-state index contributed by atoms with van der Waals surface area (Å²) in [5, 5.41) is -0.597. The number of amides is 1. The van der Waals surface area contributed by atoms with Crippen LogP contribution in [-0.2, 0) is 15.6 Å². The van der Waals surface area contributed by atoms with Crippen molar-refractivity contribution in [2.24, 2.45) is 0 Å². The second-order valence-corrected chi connectivity index (χ2v) is 8.40. The molecule has 1 aromatic carbocycles. The van der Waals surface area contributed by atoms with Crippen molar-refractivity contribution in [1.82, 2.24) is 9.88 Å². The molecule has 1 aliphatic rings. The van der Waals surface area contributed by atoms with Gasteiger partial charge in [-0.25, -0.2) is 13.4 Å². The summed E-state index contributed by atoms with van der Waals surface area (Å²) in [7, 11) is -3.37. The second-order valence-electron chi connectivity index (χ2n) is 6.11. The van der Waals surface area contributed by atoms with Gasteiger partial charge in [-0.15, -0.1) is 0 Å². The summed E-state index contributed by atoms with van der Waals surface area (Å²) in [5.41, 5.74) is 0.821. The molecule has 0 bridgehead atoms. The minimum atomic E-state index is -3.37. The van der Waals surface area contributed by atoms with Gasteiger partial charge in [-0.1, -0.05) is 30.3 Å². The van der Waals surface area contributed by atoms with Crippen LogP contribution in [0.2, 0.25) is 0 Å². The number of nitrogens with zero attached hydrogens (tertiary/aromatic N) is 2. The first-order valence-corrected chi connectivity index (χ1v) is 9.79. The first-order chi connectivity index (χ1) is 12.5. The van der Waals surface area contributed by atoms with Crippen molar-refractivity contribution in [3.8, 4) is 11.3 Å². The third-order valence-corrected chi connectivity index (χ3v) is 6.31. The number of benzene rings is 1. The van der Waals surface area contributed by atoms with Crippen molar-refractivity contribution in [2.75, 3.05) is 13.1 Å². The monoisotopic (exact) mass is 372 g/mol. The van der Waals surface area contributed by atoms with Gasteiger partial charge in [0.25, 0.3) is 5.89 Å². The van der Waals surface area contributed by atoms with E-state index < -0.39 is 21.0 Å². The molecular weight excluding hydrogens is 356 g/mol. The van der Waals surface area contributed by atoms with E-state index >= 15 is 0 Å². The number of furan rings is 1. The van der Waals surface area contributed by atoms with Gasteiger partial charge >= 0.3 is 5.91 Å². The standard InChI is InChI=1S/C18H16N2O5S/c21-18(17-19-9-16(25-17)13-5-2-1-3-6-13)20-10-15(11-20)26(22,23)12-14-7-4-8-24-14/h1-9,15H,10-12H2. The predicted octanol–water partition coefficient (Wildman–Crippen LogP) is 2.37. The molecule has 4 rings (SSSR count). The van der Waals surface area contributed by atoms with Crippen LogP contribution in [0.15, 0.2) is 63.8 Å². The largest absolute Gasteiger partial charge is 0.468 e. The molecule has 3 aromatic rings. The lowest BCUT2D eigenvalue weighted by Crippen LogP contribution is -2.57. The van der Waals surface area contributed by atoms with Gasteiger partial charge in [0, 0.05) is 18.7 Å². The number of hydrogen-bond acceptors (Lipinski definition) is 6. The smallest absolute Gasteiger partial charge is 0.309 e. The zero-order chi connectivity index (χ0) is 18.1. The van der Waals surface area contributed by atoms with E-state index in [1.54, 1.807) is 12.1 Å². The van der Waals surface area contributed by atoms with E-state index in [2.05, 4.69) is 4.98 Å². The first kappa shape index (κ1) is 16.6. The number of oxazole rings is 1. The van der Waals surface area contributed by atoms with Crippen LogP contribution in [0.25, 0.3) is 11.3 Å². The van der Waals surface area contributed by atoms with Gasteiger partial charge in [0.1, 0.15) is 11.5 Å². The Bertz CT molecular complexity index is 1000. The molecule has 0 atom stereocenters. The molecule has 134 valence electrons. The van der Waals surface area contributed by atoms with Crippen molar-refractivity contribution in [3.63, 3.8) is 0 Å². The summed E-state index contributed by atoms with van der Waals surface area (Å²) in [6.45, 7) is 0.260. The summed E-state index contributed by atoms with van der Waals surface area (Å²) in [6.07, 6.45) is 2.93. The van der Waals surface area contributed by atoms with Crippen LogP contribution < -0.4 is 0 Å². The zero-order valence-electron chi connectivity index (χ0n) is 13.7. The number of hydrogen-bond donors (Lipinski definition) is 0. The fourth-order valence-electron chi connectivity index (χ4n) is 2.79. The fourth-order valence-corrected chi connectivity index (χ4v) is 4.40. The molecule has 0 saturated carbocycles. The summed E-state index contributed by atoms with van der Waals surface area (Å²) in [5.74, 6) is 0.290. The molecule has 0 unspecified atom stereocenters. The summed E-state index contributed by atoms with van der Waals surface area (Å²) in [6, 6.07) is 12.6. The minimum Gasteiger partial charge on any atom is -0.468 e. The van der Waals surface area contributed by atoms with Crippen LogP contribution in [0.1, 0.15) is 16.4 Å². The molecule has 1 fully saturated rings. The molecule has 0 spiro atoms. The Morgan fingerprint density at radius 3 is 2.62 bits per heavy atom.